The highest BCUT2D eigenvalue weighted by molar-refractivity contribution is 6.32. The molecule has 1 N–H and O–H groups in total. The number of urea groups is 1. The van der Waals surface area contributed by atoms with E-state index in [0.29, 0.717) is 10.7 Å². The molecule has 26 heavy (non-hydrogen) atoms. The van der Waals surface area contributed by atoms with Crippen LogP contribution in [0.5, 0.6) is 0 Å². The maximum atomic E-state index is 13.2. The van der Waals surface area contributed by atoms with E-state index in [0.717, 1.165) is 0 Å². The number of halogens is 4. The average Bonchev–Trinajstić information content (AvgIpc) is 3.10. The summed E-state index contributed by atoms with van der Waals surface area (Å²) in [6.07, 6.45) is -2.84. The second kappa shape index (κ2) is 6.50. The lowest BCUT2D eigenvalue weighted by Crippen LogP contribution is -2.51. The number of amides is 2. The van der Waals surface area contributed by atoms with Gasteiger partial charge in [0, 0.05) is 18.8 Å². The molecule has 1 atom stereocenters. The predicted molar refractivity (Wildman–Crippen MR) is 92.5 cm³/mol. The van der Waals surface area contributed by atoms with Crippen LogP contribution < -0.4 is 5.32 Å². The Kier molecular flexibility index (Phi) is 4.64. The molecule has 5 nitrogen and oxygen atoms in total. The SMILES string of the molecule is CC1(C)C(C(F)(F)F)CCN1C(=O)Nc1ccn(-c2ccccc2Cl)n1. The number of hydrogen-bond donors (Lipinski definition) is 1. The summed E-state index contributed by atoms with van der Waals surface area (Å²) in [5, 5.41) is 7.27. The van der Waals surface area contributed by atoms with E-state index in [2.05, 4.69) is 10.4 Å². The first-order chi connectivity index (χ1) is 12.1. The molecule has 1 aromatic carbocycles. The molecule has 2 heterocycles. The van der Waals surface area contributed by atoms with E-state index >= 15 is 0 Å². The zero-order chi connectivity index (χ0) is 19.1. The van der Waals surface area contributed by atoms with Crippen LogP contribution in [0.4, 0.5) is 23.8 Å². The molecule has 0 spiro atoms. The second-order valence-corrected chi connectivity index (χ2v) is 7.12. The van der Waals surface area contributed by atoms with Gasteiger partial charge in [0.15, 0.2) is 5.82 Å². The fourth-order valence-corrected chi connectivity index (χ4v) is 3.58. The van der Waals surface area contributed by atoms with Gasteiger partial charge in [-0.3, -0.25) is 5.32 Å². The molecule has 140 valence electrons. The highest BCUT2D eigenvalue weighted by Gasteiger charge is 2.56. The van der Waals surface area contributed by atoms with Gasteiger partial charge in [-0.25, -0.2) is 9.48 Å². The first-order valence-electron chi connectivity index (χ1n) is 8.06. The topological polar surface area (TPSA) is 50.2 Å². The Morgan fingerprint density at radius 2 is 2.00 bits per heavy atom. The van der Waals surface area contributed by atoms with Crippen molar-refractivity contribution in [3.05, 3.63) is 41.6 Å². The van der Waals surface area contributed by atoms with Crippen molar-refractivity contribution < 1.29 is 18.0 Å². The number of para-hydroxylation sites is 1. The van der Waals surface area contributed by atoms with Gasteiger partial charge in [-0.05, 0) is 32.4 Å². The van der Waals surface area contributed by atoms with Gasteiger partial charge in [0.1, 0.15) is 0 Å². The summed E-state index contributed by atoms with van der Waals surface area (Å²) in [6, 6.07) is 8.01. The molecule has 0 aliphatic carbocycles. The highest BCUT2D eigenvalue weighted by Crippen LogP contribution is 2.44. The van der Waals surface area contributed by atoms with Crippen LogP contribution in [0.15, 0.2) is 36.5 Å². The Balaban J connectivity index is 1.75. The monoisotopic (exact) mass is 386 g/mol. The lowest BCUT2D eigenvalue weighted by atomic mass is 9.88. The molecule has 1 unspecified atom stereocenters. The van der Waals surface area contributed by atoms with Crippen LogP contribution in [-0.2, 0) is 0 Å². The van der Waals surface area contributed by atoms with E-state index in [1.54, 1.807) is 36.5 Å². The van der Waals surface area contributed by atoms with E-state index in [-0.39, 0.29) is 18.8 Å². The number of alkyl halides is 3. The molecule has 0 bridgehead atoms. The lowest BCUT2D eigenvalue weighted by molar-refractivity contribution is -0.189. The third-order valence-corrected chi connectivity index (χ3v) is 5.07. The number of carbonyl (C=O) groups excluding carboxylic acids is 1. The van der Waals surface area contributed by atoms with Crippen molar-refractivity contribution in [2.45, 2.75) is 32.0 Å². The third-order valence-electron chi connectivity index (χ3n) is 4.75. The number of carbonyl (C=O) groups is 1. The molecule has 2 aromatic rings. The molecule has 0 radical (unpaired) electrons. The summed E-state index contributed by atoms with van der Waals surface area (Å²) in [6.45, 7) is 2.90. The summed E-state index contributed by atoms with van der Waals surface area (Å²) < 4.78 is 41.0. The Morgan fingerprint density at radius 1 is 1.31 bits per heavy atom. The van der Waals surface area contributed by atoms with Gasteiger partial charge in [-0.1, -0.05) is 23.7 Å². The molecule has 1 aliphatic rings. The van der Waals surface area contributed by atoms with Crippen molar-refractivity contribution in [1.29, 1.82) is 0 Å². The zero-order valence-corrected chi connectivity index (χ0v) is 15.0. The van der Waals surface area contributed by atoms with Gasteiger partial charge in [-0.2, -0.15) is 13.2 Å². The average molecular weight is 387 g/mol. The molecule has 1 aliphatic heterocycles. The van der Waals surface area contributed by atoms with Crippen molar-refractivity contribution in [2.24, 2.45) is 5.92 Å². The maximum Gasteiger partial charge on any atom is 0.394 e. The lowest BCUT2D eigenvalue weighted by Gasteiger charge is -2.36. The smallest absolute Gasteiger partial charge is 0.319 e. The van der Waals surface area contributed by atoms with Gasteiger partial charge in [-0.15, -0.1) is 5.10 Å². The minimum absolute atomic E-state index is 0.0359. The van der Waals surface area contributed by atoms with Gasteiger partial charge in [0.2, 0.25) is 0 Å². The fraction of sp³-hybridized carbons (Fsp3) is 0.412. The number of nitrogens with zero attached hydrogens (tertiary/aromatic N) is 3. The number of anilines is 1. The first-order valence-corrected chi connectivity index (χ1v) is 8.44. The Bertz CT molecular complexity index is 818. The molecular weight excluding hydrogens is 369 g/mol. The quantitative estimate of drug-likeness (QED) is 0.811. The first kappa shape index (κ1) is 18.6. The maximum absolute atomic E-state index is 13.2. The standard InChI is InChI=1S/C17H18ClF3N4O/c1-16(2)13(17(19,20)21)7-9-24(16)15(26)22-14-8-10-25(23-14)12-6-4-3-5-11(12)18/h3-6,8,10,13H,7,9H2,1-2H3,(H,22,23,26). The molecule has 1 fully saturated rings. The summed E-state index contributed by atoms with van der Waals surface area (Å²) in [5.41, 5.74) is -0.693. The Hall–Kier alpha value is -2.22. The number of aromatic nitrogens is 2. The highest BCUT2D eigenvalue weighted by atomic mass is 35.5. The van der Waals surface area contributed by atoms with E-state index in [4.69, 9.17) is 11.6 Å². The van der Waals surface area contributed by atoms with Gasteiger partial charge >= 0.3 is 12.2 Å². The molecule has 0 saturated carbocycles. The summed E-state index contributed by atoms with van der Waals surface area (Å²) in [5.74, 6) is -1.32. The van der Waals surface area contributed by atoms with Gasteiger partial charge < -0.3 is 4.90 Å². The van der Waals surface area contributed by atoms with Crippen molar-refractivity contribution in [1.82, 2.24) is 14.7 Å². The third kappa shape index (κ3) is 3.38. The van der Waals surface area contributed by atoms with E-state index in [1.165, 1.54) is 23.4 Å². The Labute approximate surface area is 153 Å². The van der Waals surface area contributed by atoms with Crippen LogP contribution in [-0.4, -0.2) is 39.0 Å². The normalized spacial score (nSPS) is 19.6. The van der Waals surface area contributed by atoms with Crippen LogP contribution in [0.2, 0.25) is 5.02 Å². The fourth-order valence-electron chi connectivity index (χ4n) is 3.35. The number of benzene rings is 1. The predicted octanol–water partition coefficient (Wildman–Crippen LogP) is 4.72. The molecule has 1 aromatic heterocycles. The second-order valence-electron chi connectivity index (χ2n) is 6.72. The zero-order valence-electron chi connectivity index (χ0n) is 14.2. The summed E-state index contributed by atoms with van der Waals surface area (Å²) >= 11 is 6.11. The van der Waals surface area contributed by atoms with E-state index in [1.807, 2.05) is 0 Å². The van der Waals surface area contributed by atoms with Crippen LogP contribution in [0.1, 0.15) is 20.3 Å². The largest absolute Gasteiger partial charge is 0.394 e. The number of hydrogen-bond acceptors (Lipinski definition) is 2. The summed E-state index contributed by atoms with van der Waals surface area (Å²) in [7, 11) is 0. The number of nitrogens with one attached hydrogen (secondary N) is 1. The van der Waals surface area contributed by atoms with Gasteiger partial charge in [0.05, 0.1) is 22.2 Å². The minimum Gasteiger partial charge on any atom is -0.319 e. The summed E-state index contributed by atoms with van der Waals surface area (Å²) in [4.78, 5) is 13.7. The van der Waals surface area contributed by atoms with Crippen LogP contribution in [0.25, 0.3) is 5.69 Å². The van der Waals surface area contributed by atoms with Crippen molar-refractivity contribution >= 4 is 23.4 Å². The number of rotatable bonds is 2. The van der Waals surface area contributed by atoms with Gasteiger partial charge in [0.25, 0.3) is 0 Å². The van der Waals surface area contributed by atoms with Crippen LogP contribution in [0, 0.1) is 5.92 Å². The van der Waals surface area contributed by atoms with Crippen molar-refractivity contribution in [3.8, 4) is 5.69 Å². The minimum atomic E-state index is -4.34. The molecule has 9 heteroatoms. The Morgan fingerprint density at radius 3 is 2.62 bits per heavy atom. The van der Waals surface area contributed by atoms with E-state index in [9.17, 15) is 18.0 Å². The molecule has 2 amide bonds. The van der Waals surface area contributed by atoms with Crippen LogP contribution >= 0.6 is 11.6 Å². The number of likely N-dealkylation sites (tertiary alicyclic amines) is 1. The molecular formula is C17H18ClF3N4O. The van der Waals surface area contributed by atoms with Crippen molar-refractivity contribution in [2.75, 3.05) is 11.9 Å². The van der Waals surface area contributed by atoms with Crippen molar-refractivity contribution in [3.63, 3.8) is 0 Å². The van der Waals surface area contributed by atoms with E-state index < -0.39 is 23.7 Å². The molecule has 1 saturated heterocycles. The molecule has 3 rings (SSSR count). The van der Waals surface area contributed by atoms with Crippen LogP contribution in [0.3, 0.4) is 0 Å².